The van der Waals surface area contributed by atoms with Crippen molar-refractivity contribution in [2.75, 3.05) is 18.6 Å². The van der Waals surface area contributed by atoms with E-state index in [1.165, 1.54) is 35.0 Å². The zero-order valence-corrected chi connectivity index (χ0v) is 21.1. The van der Waals surface area contributed by atoms with Crippen LogP contribution >= 0.6 is 23.1 Å². The van der Waals surface area contributed by atoms with Gasteiger partial charge in [0.1, 0.15) is 29.9 Å². The lowest BCUT2D eigenvalue weighted by Crippen LogP contribution is -2.71. The summed E-state index contributed by atoms with van der Waals surface area (Å²) in [5, 5.41) is 17.7. The Kier molecular flexibility index (Phi) is 6.67. The number of aromatic nitrogens is 2. The van der Waals surface area contributed by atoms with E-state index in [1.54, 1.807) is 5.38 Å². The minimum Gasteiger partial charge on any atom is -0.477 e. The number of hydrogen-bond donors (Lipinski definition) is 3. The highest BCUT2D eigenvalue weighted by molar-refractivity contribution is 8.00. The molecule has 2 aliphatic heterocycles. The molecule has 2 amide bonds. The predicted octanol–water partition coefficient (Wildman–Crippen LogP) is 0.681. The number of carboxylic acids is 1. The van der Waals surface area contributed by atoms with Crippen molar-refractivity contribution in [1.82, 2.24) is 15.2 Å². The van der Waals surface area contributed by atoms with Gasteiger partial charge in [-0.25, -0.2) is 9.78 Å². The fourth-order valence-corrected chi connectivity index (χ4v) is 6.72. The molecular weight excluding hydrogens is 504 g/mol. The number of rotatable bonds is 7. The van der Waals surface area contributed by atoms with Crippen molar-refractivity contribution in [3.63, 3.8) is 0 Å². The Morgan fingerprint density at radius 1 is 1.39 bits per heavy atom. The molecule has 1 aliphatic carbocycles. The van der Waals surface area contributed by atoms with Crippen molar-refractivity contribution in [3.8, 4) is 0 Å². The van der Waals surface area contributed by atoms with E-state index in [1.807, 2.05) is 12.3 Å². The molecule has 0 spiro atoms. The molecule has 0 radical (unpaired) electrons. The molecule has 4 N–H and O–H groups in total. The van der Waals surface area contributed by atoms with E-state index >= 15 is 0 Å². The smallest absolute Gasteiger partial charge is 0.352 e. The Hall–Kier alpha value is -3.45. The van der Waals surface area contributed by atoms with Crippen molar-refractivity contribution in [2.24, 2.45) is 5.16 Å². The second-order valence-corrected chi connectivity index (χ2v) is 10.6. The number of nitrogens with one attached hydrogen (secondary N) is 1. The number of hydrogen-bond acceptors (Lipinski definition) is 9. The van der Waals surface area contributed by atoms with Crippen LogP contribution in [0, 0.1) is 0 Å². The van der Waals surface area contributed by atoms with E-state index in [0.29, 0.717) is 17.9 Å². The number of carbonyl (C=O) groups excluding carboxylic acids is 2. The second-order valence-electron chi connectivity index (χ2n) is 8.63. The predicted molar refractivity (Wildman–Crippen MR) is 133 cm³/mol. The summed E-state index contributed by atoms with van der Waals surface area (Å²) in [7, 11) is 1.30. The zero-order valence-electron chi connectivity index (χ0n) is 19.5. The van der Waals surface area contributed by atoms with Gasteiger partial charge >= 0.3 is 5.97 Å². The van der Waals surface area contributed by atoms with Gasteiger partial charge in [0.2, 0.25) is 0 Å². The number of carboxylic acid groups (broad SMARTS) is 1. The van der Waals surface area contributed by atoms with Gasteiger partial charge < -0.3 is 21.0 Å². The average Bonchev–Trinajstić information content (AvgIpc) is 3.31. The first kappa shape index (κ1) is 24.3. The highest BCUT2D eigenvalue weighted by Crippen LogP contribution is 2.40. The summed E-state index contributed by atoms with van der Waals surface area (Å²) in [5.74, 6) is -1.86. The molecule has 5 rings (SSSR count). The van der Waals surface area contributed by atoms with Crippen molar-refractivity contribution < 1.29 is 28.9 Å². The molecule has 4 heterocycles. The summed E-state index contributed by atoms with van der Waals surface area (Å²) in [6.45, 7) is 0.404. The van der Waals surface area contributed by atoms with Crippen LogP contribution in [0.4, 0.5) is 5.13 Å². The van der Waals surface area contributed by atoms with Gasteiger partial charge in [-0.3, -0.25) is 14.5 Å². The van der Waals surface area contributed by atoms with Crippen LogP contribution in [0.1, 0.15) is 29.8 Å². The molecule has 1 saturated heterocycles. The molecule has 36 heavy (non-hydrogen) atoms. The molecule has 2 atom stereocenters. The number of β-lactam (4-membered cyclic amide) rings is 1. The lowest BCUT2D eigenvalue weighted by molar-refractivity contribution is -0.697. The number of thiazole rings is 1. The van der Waals surface area contributed by atoms with E-state index in [9.17, 15) is 19.5 Å². The summed E-state index contributed by atoms with van der Waals surface area (Å²) < 4.78 is 2.10. The van der Waals surface area contributed by atoms with Crippen LogP contribution in [-0.4, -0.2) is 62.8 Å². The summed E-state index contributed by atoms with van der Waals surface area (Å²) in [6.07, 6.45) is 6.20. The van der Waals surface area contributed by atoms with Crippen molar-refractivity contribution in [3.05, 3.63) is 51.9 Å². The topological polar surface area (TPSA) is 151 Å². The highest BCUT2D eigenvalue weighted by atomic mass is 32.2. The van der Waals surface area contributed by atoms with Crippen LogP contribution < -0.4 is 15.6 Å². The Morgan fingerprint density at radius 2 is 2.19 bits per heavy atom. The minimum absolute atomic E-state index is 0.00628. The van der Waals surface area contributed by atoms with E-state index < -0.39 is 29.2 Å². The Balaban J connectivity index is 1.36. The first-order valence-electron chi connectivity index (χ1n) is 11.4. The summed E-state index contributed by atoms with van der Waals surface area (Å²) in [6, 6.07) is 3.21. The number of amides is 2. The SMILES string of the molecule is CO/N=C(/C(=O)NC1C(=O)N2C(C(=O)O)=C(C[n+]3cccc4c3CCCC4)CSC12)c1csc(N)n1. The maximum atomic E-state index is 13.1. The number of thioether (sulfide) groups is 1. The third kappa shape index (κ3) is 4.32. The molecule has 2 aromatic rings. The fourth-order valence-electron chi connectivity index (χ4n) is 4.83. The van der Waals surface area contributed by atoms with Crippen molar-refractivity contribution in [1.29, 1.82) is 0 Å². The molecule has 0 saturated carbocycles. The van der Waals surface area contributed by atoms with Gasteiger partial charge in [0.25, 0.3) is 11.8 Å². The Morgan fingerprint density at radius 3 is 2.92 bits per heavy atom. The number of anilines is 1. The lowest BCUT2D eigenvalue weighted by atomic mass is 9.95. The molecule has 1 fully saturated rings. The summed E-state index contributed by atoms with van der Waals surface area (Å²) >= 11 is 2.57. The Bertz CT molecular complexity index is 1310. The van der Waals surface area contributed by atoms with E-state index in [0.717, 1.165) is 37.0 Å². The normalized spacial score (nSPS) is 21.4. The van der Waals surface area contributed by atoms with Crippen LogP contribution in [-0.2, 0) is 38.6 Å². The standard InChI is InChI=1S/C23H24N6O5S2/c1-34-27-16(14-11-36-23(24)25-14)19(30)26-17-20(31)29-18(22(32)33)13(10-35-21(17)29)9-28-8-4-6-12-5-2-3-7-15(12)28/h4,6,8,11,17,21H,2-3,5,7,9-10H2,1H3,(H3-,24,25,26,30,32,33)/p+1/b27-16+. The first-order chi connectivity index (χ1) is 17.4. The van der Waals surface area contributed by atoms with Crippen molar-refractivity contribution in [2.45, 2.75) is 43.6 Å². The second kappa shape index (κ2) is 9.90. The van der Waals surface area contributed by atoms with E-state index in [4.69, 9.17) is 10.6 Å². The van der Waals surface area contributed by atoms with Gasteiger partial charge in [-0.05, 0) is 25.3 Å². The molecule has 188 valence electrons. The van der Waals surface area contributed by atoms with Crippen LogP contribution in [0.5, 0.6) is 0 Å². The number of nitrogen functional groups attached to an aromatic ring is 1. The monoisotopic (exact) mass is 529 g/mol. The third-order valence-corrected chi connectivity index (χ3v) is 8.46. The third-order valence-electron chi connectivity index (χ3n) is 6.45. The number of aryl methyl sites for hydroxylation is 1. The number of fused-ring (bicyclic) bond motifs is 2. The van der Waals surface area contributed by atoms with Gasteiger partial charge in [-0.15, -0.1) is 23.1 Å². The van der Waals surface area contributed by atoms with E-state index in [2.05, 4.69) is 26.1 Å². The summed E-state index contributed by atoms with van der Waals surface area (Å²) in [5.41, 5.74) is 8.96. The molecule has 11 nitrogen and oxygen atoms in total. The van der Waals surface area contributed by atoms with Gasteiger partial charge in [-0.1, -0.05) is 5.16 Å². The molecule has 13 heteroatoms. The van der Waals surface area contributed by atoms with E-state index in [-0.39, 0.29) is 22.2 Å². The number of carbonyl (C=O) groups is 3. The molecule has 0 bridgehead atoms. The van der Waals surface area contributed by atoms with Gasteiger partial charge in [0.05, 0.1) is 0 Å². The maximum absolute atomic E-state index is 13.1. The first-order valence-corrected chi connectivity index (χ1v) is 13.4. The maximum Gasteiger partial charge on any atom is 0.352 e. The number of nitrogens with zero attached hydrogens (tertiary/aromatic N) is 4. The number of oxime groups is 1. The van der Waals surface area contributed by atoms with Crippen LogP contribution in [0.25, 0.3) is 0 Å². The summed E-state index contributed by atoms with van der Waals surface area (Å²) in [4.78, 5) is 48.4. The van der Waals surface area contributed by atoms with Gasteiger partial charge in [-0.2, -0.15) is 4.57 Å². The number of pyridine rings is 1. The molecule has 2 unspecified atom stereocenters. The molecule has 0 aromatic carbocycles. The quantitative estimate of drug-likeness (QED) is 0.205. The largest absolute Gasteiger partial charge is 0.477 e. The highest BCUT2D eigenvalue weighted by Gasteiger charge is 2.55. The molecule has 3 aliphatic rings. The van der Waals surface area contributed by atoms with Crippen LogP contribution in [0.15, 0.2) is 40.1 Å². The fraction of sp³-hybridized carbons (Fsp3) is 0.391. The lowest BCUT2D eigenvalue weighted by Gasteiger charge is -2.49. The van der Waals surface area contributed by atoms with Gasteiger partial charge in [0.15, 0.2) is 29.3 Å². The van der Waals surface area contributed by atoms with Crippen LogP contribution in [0.3, 0.4) is 0 Å². The van der Waals surface area contributed by atoms with Crippen LogP contribution in [0.2, 0.25) is 0 Å². The van der Waals surface area contributed by atoms with Crippen molar-refractivity contribution >= 4 is 51.7 Å². The number of nitrogens with two attached hydrogens (primary N) is 1. The van der Waals surface area contributed by atoms with Gasteiger partial charge in [0, 0.05) is 34.8 Å². The minimum atomic E-state index is -1.15. The average molecular weight is 530 g/mol. The molecule has 2 aromatic heterocycles. The number of aliphatic carboxylic acids is 1. The molecular formula is C23H25N6O5S2+. The Labute approximate surface area is 215 Å². The zero-order chi connectivity index (χ0) is 25.4.